The molecule has 1 unspecified atom stereocenters. The van der Waals surface area contributed by atoms with E-state index in [1.165, 1.54) is 11.8 Å². The molecule has 0 bridgehead atoms. The molecule has 6 nitrogen and oxygen atoms in total. The lowest BCUT2D eigenvalue weighted by atomic mass is 10.1. The number of amides is 1. The van der Waals surface area contributed by atoms with Crippen molar-refractivity contribution in [2.24, 2.45) is 4.99 Å². The number of carbonyl (C=O) groups excluding carboxylic acids is 2. The van der Waals surface area contributed by atoms with E-state index in [0.717, 1.165) is 11.3 Å². The van der Waals surface area contributed by atoms with Gasteiger partial charge in [-0.1, -0.05) is 66.4 Å². The molecule has 33 heavy (non-hydrogen) atoms. The number of ether oxygens (including phenoxy) is 2. The van der Waals surface area contributed by atoms with Crippen LogP contribution in [0.15, 0.2) is 83.9 Å². The Labute approximate surface area is 197 Å². The number of Topliss-reactive ketones (excluding diaryl/α,β-unsaturated/α-hetero) is 1. The number of carbonyl (C=O) groups is 2. The lowest BCUT2D eigenvalue weighted by molar-refractivity contribution is -0.118. The van der Waals surface area contributed by atoms with Gasteiger partial charge in [0.15, 0.2) is 22.4 Å². The summed E-state index contributed by atoms with van der Waals surface area (Å²) in [5, 5.41) is 0.529. The van der Waals surface area contributed by atoms with Crippen LogP contribution in [-0.4, -0.2) is 42.9 Å². The number of rotatable bonds is 8. The largest absolute Gasteiger partial charge is 0.493 e. The lowest BCUT2D eigenvalue weighted by Crippen LogP contribution is -2.35. The molecule has 168 valence electrons. The van der Waals surface area contributed by atoms with Crippen LogP contribution >= 0.6 is 11.8 Å². The van der Waals surface area contributed by atoms with E-state index in [4.69, 9.17) is 14.5 Å². The molecule has 3 aromatic carbocycles. The molecule has 7 heteroatoms. The van der Waals surface area contributed by atoms with Gasteiger partial charge in [-0.25, -0.2) is 4.99 Å². The van der Waals surface area contributed by atoms with Crippen molar-refractivity contribution < 1.29 is 19.1 Å². The molecule has 0 radical (unpaired) electrons. The van der Waals surface area contributed by atoms with Crippen molar-refractivity contribution in [1.29, 1.82) is 0 Å². The number of methoxy groups -OCH3 is 2. The van der Waals surface area contributed by atoms with Crippen molar-refractivity contribution in [1.82, 2.24) is 0 Å². The maximum Gasteiger partial charge on any atom is 0.258 e. The highest BCUT2D eigenvalue weighted by atomic mass is 32.2. The summed E-state index contributed by atoms with van der Waals surface area (Å²) in [6.45, 7) is 0. The molecule has 3 aromatic rings. The predicted molar refractivity (Wildman–Crippen MR) is 132 cm³/mol. The summed E-state index contributed by atoms with van der Waals surface area (Å²) in [4.78, 5) is 32.3. The molecule has 1 heterocycles. The highest BCUT2D eigenvalue weighted by Gasteiger charge is 2.36. The third-order valence-electron chi connectivity index (χ3n) is 5.28. The standard InChI is InChI=1S/C26H24N2O4S/c1-31-23-14-13-18(16-24(23)32-2)15-21-25(30)28(20-11-7-4-8-12-20)26(27-21)33-17-22(29)19-9-5-3-6-10-19/h3-14,16,21H,15,17H2,1-2H3. The van der Waals surface area contributed by atoms with Gasteiger partial charge in [0, 0.05) is 12.0 Å². The average molecular weight is 461 g/mol. The zero-order valence-electron chi connectivity index (χ0n) is 18.4. The minimum absolute atomic E-state index is 0.00731. The van der Waals surface area contributed by atoms with Crippen molar-refractivity contribution in [3.05, 3.63) is 90.0 Å². The number of ketones is 1. The second-order valence-electron chi connectivity index (χ2n) is 7.41. The summed E-state index contributed by atoms with van der Waals surface area (Å²) in [5.74, 6) is 1.30. The third kappa shape index (κ3) is 5.09. The number of benzene rings is 3. The molecule has 4 rings (SSSR count). The van der Waals surface area contributed by atoms with Crippen molar-refractivity contribution in [3.8, 4) is 11.5 Å². The Kier molecular flexibility index (Phi) is 7.10. The molecule has 0 saturated heterocycles. The first-order chi connectivity index (χ1) is 16.1. The van der Waals surface area contributed by atoms with Gasteiger partial charge in [0.05, 0.1) is 25.7 Å². The SMILES string of the molecule is COc1ccc(CC2N=C(SCC(=O)c3ccccc3)N(c3ccccc3)C2=O)cc1OC. The Morgan fingerprint density at radius 1 is 0.939 bits per heavy atom. The first kappa shape index (κ1) is 22.6. The highest BCUT2D eigenvalue weighted by Crippen LogP contribution is 2.31. The maximum absolute atomic E-state index is 13.4. The third-order valence-corrected chi connectivity index (χ3v) is 6.24. The van der Waals surface area contributed by atoms with E-state index in [1.54, 1.807) is 31.3 Å². The van der Waals surface area contributed by atoms with Crippen LogP contribution in [0.4, 0.5) is 5.69 Å². The van der Waals surface area contributed by atoms with E-state index in [-0.39, 0.29) is 17.4 Å². The van der Waals surface area contributed by atoms with Gasteiger partial charge in [-0.15, -0.1) is 0 Å². The summed E-state index contributed by atoms with van der Waals surface area (Å²) in [5.41, 5.74) is 2.29. The Hall–Kier alpha value is -3.58. The molecular formula is C26H24N2O4S. The Bertz CT molecular complexity index is 1170. The Balaban J connectivity index is 1.57. The second-order valence-corrected chi connectivity index (χ2v) is 8.35. The normalized spacial score (nSPS) is 15.3. The summed E-state index contributed by atoms with van der Waals surface area (Å²) < 4.78 is 10.7. The summed E-state index contributed by atoms with van der Waals surface area (Å²) in [7, 11) is 3.16. The van der Waals surface area contributed by atoms with Crippen LogP contribution in [0.1, 0.15) is 15.9 Å². The topological polar surface area (TPSA) is 68.2 Å². The predicted octanol–water partition coefficient (Wildman–Crippen LogP) is 4.63. The first-order valence-electron chi connectivity index (χ1n) is 10.5. The van der Waals surface area contributed by atoms with Crippen LogP contribution in [0, 0.1) is 0 Å². The number of hydrogen-bond donors (Lipinski definition) is 0. The molecule has 1 atom stereocenters. The molecular weight excluding hydrogens is 436 g/mol. The van der Waals surface area contributed by atoms with Crippen molar-refractivity contribution in [2.75, 3.05) is 24.9 Å². The Morgan fingerprint density at radius 3 is 2.27 bits per heavy atom. The highest BCUT2D eigenvalue weighted by molar-refractivity contribution is 8.14. The number of thioether (sulfide) groups is 1. The van der Waals surface area contributed by atoms with E-state index in [1.807, 2.05) is 66.7 Å². The van der Waals surface area contributed by atoms with E-state index >= 15 is 0 Å². The van der Waals surface area contributed by atoms with E-state index in [2.05, 4.69) is 0 Å². The van der Waals surface area contributed by atoms with Crippen LogP contribution in [0.5, 0.6) is 11.5 Å². The molecule has 0 N–H and O–H groups in total. The average Bonchev–Trinajstić information content (AvgIpc) is 3.18. The fourth-order valence-electron chi connectivity index (χ4n) is 3.61. The smallest absolute Gasteiger partial charge is 0.258 e. The molecule has 0 saturated carbocycles. The first-order valence-corrected chi connectivity index (χ1v) is 11.5. The maximum atomic E-state index is 13.4. The molecule has 1 aliphatic rings. The molecule has 0 aromatic heterocycles. The van der Waals surface area contributed by atoms with Gasteiger partial charge in [-0.05, 0) is 29.8 Å². The number of hydrogen-bond acceptors (Lipinski definition) is 6. The quantitative estimate of drug-likeness (QED) is 0.459. The summed E-state index contributed by atoms with van der Waals surface area (Å²) in [6, 6.07) is 23.5. The fourth-order valence-corrected chi connectivity index (χ4v) is 4.56. The van der Waals surface area contributed by atoms with E-state index in [0.29, 0.717) is 28.7 Å². The van der Waals surface area contributed by atoms with Gasteiger partial charge in [-0.3, -0.25) is 14.5 Å². The number of para-hydroxylation sites is 1. The molecule has 1 aliphatic heterocycles. The second kappa shape index (κ2) is 10.4. The molecule has 0 fully saturated rings. The summed E-state index contributed by atoms with van der Waals surface area (Å²) in [6.07, 6.45) is 0.416. The number of nitrogens with zero attached hydrogens (tertiary/aromatic N) is 2. The van der Waals surface area contributed by atoms with Gasteiger partial charge in [-0.2, -0.15) is 0 Å². The molecule has 1 amide bonds. The van der Waals surface area contributed by atoms with Gasteiger partial charge in [0.1, 0.15) is 6.04 Å². The lowest BCUT2D eigenvalue weighted by Gasteiger charge is -2.19. The minimum Gasteiger partial charge on any atom is -0.493 e. The van der Waals surface area contributed by atoms with Gasteiger partial charge in [0.2, 0.25) is 0 Å². The number of anilines is 1. The zero-order valence-corrected chi connectivity index (χ0v) is 19.2. The van der Waals surface area contributed by atoms with E-state index in [9.17, 15) is 9.59 Å². The number of amidine groups is 1. The fraction of sp³-hybridized carbons (Fsp3) is 0.192. The summed E-state index contributed by atoms with van der Waals surface area (Å²) >= 11 is 1.28. The van der Waals surface area contributed by atoms with Crippen LogP contribution in [0.3, 0.4) is 0 Å². The van der Waals surface area contributed by atoms with E-state index < -0.39 is 6.04 Å². The van der Waals surface area contributed by atoms with Crippen LogP contribution in [-0.2, 0) is 11.2 Å². The Morgan fingerprint density at radius 2 is 1.61 bits per heavy atom. The zero-order chi connectivity index (χ0) is 23.2. The van der Waals surface area contributed by atoms with Crippen LogP contribution in [0.25, 0.3) is 0 Å². The number of aliphatic imine (C=N–C) groups is 1. The minimum atomic E-state index is -0.586. The molecule has 0 aliphatic carbocycles. The van der Waals surface area contributed by atoms with Crippen molar-refractivity contribution >= 4 is 34.3 Å². The van der Waals surface area contributed by atoms with Gasteiger partial charge < -0.3 is 9.47 Å². The van der Waals surface area contributed by atoms with Gasteiger partial charge >= 0.3 is 0 Å². The molecule has 0 spiro atoms. The van der Waals surface area contributed by atoms with Crippen LogP contribution in [0.2, 0.25) is 0 Å². The van der Waals surface area contributed by atoms with Gasteiger partial charge in [0.25, 0.3) is 5.91 Å². The monoisotopic (exact) mass is 460 g/mol. The van der Waals surface area contributed by atoms with Crippen LogP contribution < -0.4 is 14.4 Å². The van der Waals surface area contributed by atoms with Crippen molar-refractivity contribution in [2.45, 2.75) is 12.5 Å². The van der Waals surface area contributed by atoms with Crippen molar-refractivity contribution in [3.63, 3.8) is 0 Å².